The molecule has 0 radical (unpaired) electrons. The Hall–Kier alpha value is -2.93. The van der Waals surface area contributed by atoms with Gasteiger partial charge in [-0.3, -0.25) is 10.1 Å². The average Bonchev–Trinajstić information content (AvgIpc) is 3.04. The van der Waals surface area contributed by atoms with E-state index in [0.717, 1.165) is 35.2 Å². The van der Waals surface area contributed by atoms with Crippen molar-refractivity contribution in [1.82, 2.24) is 10.3 Å². The van der Waals surface area contributed by atoms with Crippen LogP contribution >= 0.6 is 11.3 Å². The maximum Gasteiger partial charge on any atom is 0.321 e. The van der Waals surface area contributed by atoms with Crippen LogP contribution in [-0.4, -0.2) is 23.5 Å². The molecule has 1 heterocycles. The SMILES string of the molecule is CC(C)=CCC/C(C)=C/CNC(=O)Nc1nc(C)c(C(=O)Nc2c(C)cc(C)cc2C)s1. The van der Waals surface area contributed by atoms with Gasteiger partial charge in [0.25, 0.3) is 5.91 Å². The molecule has 172 valence electrons. The summed E-state index contributed by atoms with van der Waals surface area (Å²) < 4.78 is 0. The van der Waals surface area contributed by atoms with E-state index in [0.29, 0.717) is 22.2 Å². The van der Waals surface area contributed by atoms with E-state index in [2.05, 4.69) is 47.8 Å². The number of carbonyl (C=O) groups is 2. The van der Waals surface area contributed by atoms with Crippen LogP contribution in [0.2, 0.25) is 0 Å². The minimum atomic E-state index is -0.343. The first-order valence-corrected chi connectivity index (χ1v) is 11.6. The Labute approximate surface area is 195 Å². The lowest BCUT2D eigenvalue weighted by atomic mass is 10.1. The number of carbonyl (C=O) groups excluding carboxylic acids is 2. The van der Waals surface area contributed by atoms with E-state index in [1.165, 1.54) is 22.5 Å². The zero-order valence-corrected chi connectivity index (χ0v) is 20.9. The summed E-state index contributed by atoms with van der Waals surface area (Å²) in [4.78, 5) is 29.8. The van der Waals surface area contributed by atoms with Crippen molar-refractivity contribution < 1.29 is 9.59 Å². The number of benzene rings is 1. The monoisotopic (exact) mass is 454 g/mol. The predicted molar refractivity (Wildman–Crippen MR) is 135 cm³/mol. The Balaban J connectivity index is 1.93. The molecule has 3 amide bonds. The zero-order valence-electron chi connectivity index (χ0n) is 20.1. The van der Waals surface area contributed by atoms with Gasteiger partial charge in [0.05, 0.1) is 5.69 Å². The van der Waals surface area contributed by atoms with E-state index < -0.39 is 0 Å². The summed E-state index contributed by atoms with van der Waals surface area (Å²) in [5.74, 6) is -0.224. The van der Waals surface area contributed by atoms with Crippen molar-refractivity contribution in [2.45, 2.75) is 61.3 Å². The van der Waals surface area contributed by atoms with Crippen molar-refractivity contribution in [1.29, 1.82) is 0 Å². The Morgan fingerprint density at radius 2 is 1.66 bits per heavy atom. The number of hydrogen-bond acceptors (Lipinski definition) is 4. The fourth-order valence-electron chi connectivity index (χ4n) is 3.36. The molecule has 0 atom stereocenters. The number of rotatable bonds is 8. The molecule has 0 fully saturated rings. The van der Waals surface area contributed by atoms with Gasteiger partial charge in [0, 0.05) is 12.2 Å². The van der Waals surface area contributed by atoms with Crippen molar-refractivity contribution in [2.24, 2.45) is 0 Å². The second-order valence-electron chi connectivity index (χ2n) is 8.37. The number of nitrogens with one attached hydrogen (secondary N) is 3. The van der Waals surface area contributed by atoms with Crippen LogP contribution in [0.5, 0.6) is 0 Å². The third-order valence-electron chi connectivity index (χ3n) is 4.94. The molecule has 7 heteroatoms. The summed E-state index contributed by atoms with van der Waals surface area (Å²) in [6.07, 6.45) is 6.19. The minimum absolute atomic E-state index is 0.224. The van der Waals surface area contributed by atoms with Crippen LogP contribution in [0.15, 0.2) is 35.4 Å². The summed E-state index contributed by atoms with van der Waals surface area (Å²) in [6.45, 7) is 14.4. The number of urea groups is 1. The second kappa shape index (κ2) is 11.6. The molecule has 1 aromatic carbocycles. The molecule has 0 aliphatic carbocycles. The summed E-state index contributed by atoms with van der Waals surface area (Å²) >= 11 is 1.17. The van der Waals surface area contributed by atoms with Crippen molar-refractivity contribution in [3.05, 3.63) is 62.7 Å². The summed E-state index contributed by atoms with van der Waals surface area (Å²) in [7, 11) is 0. The van der Waals surface area contributed by atoms with Gasteiger partial charge in [0.15, 0.2) is 5.13 Å². The molecule has 2 aromatic rings. The lowest BCUT2D eigenvalue weighted by molar-refractivity contribution is 0.102. The van der Waals surface area contributed by atoms with Crippen molar-refractivity contribution in [3.8, 4) is 0 Å². The fraction of sp³-hybridized carbons (Fsp3) is 0.400. The third-order valence-corrected chi connectivity index (χ3v) is 6.01. The van der Waals surface area contributed by atoms with Gasteiger partial charge in [-0.1, -0.05) is 52.3 Å². The van der Waals surface area contributed by atoms with E-state index in [1.807, 2.05) is 39.0 Å². The number of anilines is 2. The van der Waals surface area contributed by atoms with Gasteiger partial charge in [0.1, 0.15) is 4.88 Å². The number of aryl methyl sites for hydroxylation is 4. The van der Waals surface area contributed by atoms with Gasteiger partial charge in [-0.05, 0) is 72.4 Å². The number of amides is 3. The number of allylic oxidation sites excluding steroid dienone is 3. The largest absolute Gasteiger partial charge is 0.334 e. The molecule has 32 heavy (non-hydrogen) atoms. The highest BCUT2D eigenvalue weighted by atomic mass is 32.1. The zero-order chi connectivity index (χ0) is 23.8. The molecule has 2 rings (SSSR count). The quantitative estimate of drug-likeness (QED) is 0.401. The molecule has 0 unspecified atom stereocenters. The minimum Gasteiger partial charge on any atom is -0.334 e. The topological polar surface area (TPSA) is 83.1 Å². The van der Waals surface area contributed by atoms with E-state index in [4.69, 9.17) is 0 Å². The van der Waals surface area contributed by atoms with Gasteiger partial charge in [-0.25, -0.2) is 9.78 Å². The predicted octanol–water partition coefficient (Wildman–Crippen LogP) is 6.44. The van der Waals surface area contributed by atoms with E-state index >= 15 is 0 Å². The molecule has 0 bridgehead atoms. The van der Waals surface area contributed by atoms with Crippen LogP contribution in [0.1, 0.15) is 65.7 Å². The fourth-order valence-corrected chi connectivity index (χ4v) is 4.21. The number of hydrogen-bond donors (Lipinski definition) is 3. The van der Waals surface area contributed by atoms with Crippen LogP contribution in [0.25, 0.3) is 0 Å². The standard InChI is InChI=1S/C25H34N4O2S/c1-15(2)9-8-10-16(3)11-12-26-24(31)29-25-27-20(7)22(32-25)23(30)28-21-18(5)13-17(4)14-19(21)6/h9,11,13-14H,8,10,12H2,1-7H3,(H,28,30)(H2,26,27,29,31)/b16-11+. The molecular weight excluding hydrogens is 420 g/mol. The van der Waals surface area contributed by atoms with Crippen LogP contribution in [0.4, 0.5) is 15.6 Å². The molecule has 3 N–H and O–H groups in total. The van der Waals surface area contributed by atoms with Gasteiger partial charge in [-0.15, -0.1) is 0 Å². The van der Waals surface area contributed by atoms with Crippen LogP contribution in [0, 0.1) is 27.7 Å². The molecule has 0 saturated heterocycles. The Bertz CT molecular complexity index is 1020. The molecule has 0 aliphatic rings. The van der Waals surface area contributed by atoms with Crippen molar-refractivity contribution >= 4 is 34.1 Å². The highest BCUT2D eigenvalue weighted by molar-refractivity contribution is 7.17. The smallest absolute Gasteiger partial charge is 0.321 e. The highest BCUT2D eigenvalue weighted by Crippen LogP contribution is 2.26. The van der Waals surface area contributed by atoms with Gasteiger partial charge >= 0.3 is 6.03 Å². The summed E-state index contributed by atoms with van der Waals surface area (Å²) in [6, 6.07) is 3.73. The van der Waals surface area contributed by atoms with Crippen LogP contribution in [-0.2, 0) is 0 Å². The average molecular weight is 455 g/mol. The molecule has 0 saturated carbocycles. The van der Waals surface area contributed by atoms with Crippen LogP contribution < -0.4 is 16.0 Å². The molecule has 0 aliphatic heterocycles. The molecular formula is C25H34N4O2S. The normalized spacial score (nSPS) is 11.2. The van der Waals surface area contributed by atoms with E-state index in [-0.39, 0.29) is 11.9 Å². The second-order valence-corrected chi connectivity index (χ2v) is 9.37. The van der Waals surface area contributed by atoms with Crippen molar-refractivity contribution in [2.75, 3.05) is 17.2 Å². The molecule has 6 nitrogen and oxygen atoms in total. The van der Waals surface area contributed by atoms with Gasteiger partial charge in [0.2, 0.25) is 0 Å². The number of aromatic nitrogens is 1. The summed E-state index contributed by atoms with van der Waals surface area (Å²) in [5.41, 5.74) is 7.12. The Morgan fingerprint density at radius 3 is 2.28 bits per heavy atom. The van der Waals surface area contributed by atoms with E-state index in [9.17, 15) is 9.59 Å². The first-order valence-electron chi connectivity index (χ1n) is 10.8. The lowest BCUT2D eigenvalue weighted by Gasteiger charge is -2.12. The van der Waals surface area contributed by atoms with Crippen molar-refractivity contribution in [3.63, 3.8) is 0 Å². The highest BCUT2D eigenvalue weighted by Gasteiger charge is 2.18. The van der Waals surface area contributed by atoms with Gasteiger partial charge in [-0.2, -0.15) is 0 Å². The lowest BCUT2D eigenvalue weighted by Crippen LogP contribution is -2.28. The molecule has 0 spiro atoms. The molecule has 1 aromatic heterocycles. The maximum absolute atomic E-state index is 12.8. The van der Waals surface area contributed by atoms with E-state index in [1.54, 1.807) is 6.92 Å². The Morgan fingerprint density at radius 1 is 1.00 bits per heavy atom. The van der Waals surface area contributed by atoms with Crippen LogP contribution in [0.3, 0.4) is 0 Å². The number of nitrogens with zero attached hydrogens (tertiary/aromatic N) is 1. The summed E-state index contributed by atoms with van der Waals surface area (Å²) in [5, 5.41) is 8.91. The maximum atomic E-state index is 12.8. The first kappa shape index (κ1) is 25.3. The van der Waals surface area contributed by atoms with Gasteiger partial charge < -0.3 is 10.6 Å². The Kier molecular flexibility index (Phi) is 9.20. The first-order chi connectivity index (χ1) is 15.1. The third kappa shape index (κ3) is 7.64. The number of thiazole rings is 1.